The molecule has 0 saturated carbocycles. The van der Waals surface area contributed by atoms with Gasteiger partial charge in [0, 0.05) is 13.1 Å². The van der Waals surface area contributed by atoms with Gasteiger partial charge >= 0.3 is 11.9 Å². The quantitative estimate of drug-likeness (QED) is 0.799. The molecule has 0 unspecified atom stereocenters. The van der Waals surface area contributed by atoms with Gasteiger partial charge < -0.3 is 14.4 Å². The van der Waals surface area contributed by atoms with Crippen LogP contribution >= 0.6 is 0 Å². The molecular weight excluding hydrogens is 284 g/mol. The fraction of sp³-hybridized carbons (Fsp3) is 0.562. The summed E-state index contributed by atoms with van der Waals surface area (Å²) in [6, 6.07) is 3.09. The van der Waals surface area contributed by atoms with Crippen molar-refractivity contribution < 1.29 is 19.1 Å². The van der Waals surface area contributed by atoms with E-state index in [2.05, 4.69) is 9.88 Å². The number of carbonyl (C=O) groups is 2. The molecule has 1 saturated heterocycles. The maximum Gasteiger partial charge on any atom is 0.356 e. The van der Waals surface area contributed by atoms with E-state index in [9.17, 15) is 9.59 Å². The number of carbonyl (C=O) groups excluding carboxylic acids is 2. The number of hydrogen-bond acceptors (Lipinski definition) is 6. The van der Waals surface area contributed by atoms with E-state index in [-0.39, 0.29) is 5.69 Å². The van der Waals surface area contributed by atoms with Crippen LogP contribution in [0.4, 0.5) is 5.82 Å². The standard InChI is InChI=1S/C16H22N2O4/c1-16(2,3)22-14(19)11-9-12(15(20)21-4)17-13(10-11)18-7-5-6-8-18/h9-10H,5-8H2,1-4H3. The van der Waals surface area contributed by atoms with Gasteiger partial charge in [-0.25, -0.2) is 14.6 Å². The molecule has 0 aromatic carbocycles. The topological polar surface area (TPSA) is 68.7 Å². The number of nitrogens with zero attached hydrogens (tertiary/aromatic N) is 2. The van der Waals surface area contributed by atoms with Crippen LogP contribution in [0.5, 0.6) is 0 Å². The summed E-state index contributed by atoms with van der Waals surface area (Å²) in [6.07, 6.45) is 2.15. The van der Waals surface area contributed by atoms with Gasteiger partial charge in [-0.05, 0) is 45.7 Å². The van der Waals surface area contributed by atoms with E-state index in [0.29, 0.717) is 11.4 Å². The van der Waals surface area contributed by atoms with Gasteiger partial charge in [0.25, 0.3) is 0 Å². The molecule has 1 aliphatic rings. The van der Waals surface area contributed by atoms with Crippen molar-refractivity contribution in [3.8, 4) is 0 Å². The molecule has 0 atom stereocenters. The van der Waals surface area contributed by atoms with Crippen LogP contribution in [0.15, 0.2) is 12.1 Å². The Morgan fingerprint density at radius 3 is 2.32 bits per heavy atom. The third-order valence-electron chi connectivity index (χ3n) is 3.27. The predicted molar refractivity (Wildman–Crippen MR) is 82.2 cm³/mol. The SMILES string of the molecule is COC(=O)c1cc(C(=O)OC(C)(C)C)cc(N2CCCC2)n1. The summed E-state index contributed by atoms with van der Waals surface area (Å²) >= 11 is 0. The molecule has 0 spiro atoms. The summed E-state index contributed by atoms with van der Waals surface area (Å²) in [6.45, 7) is 7.13. The summed E-state index contributed by atoms with van der Waals surface area (Å²) in [5.74, 6) is -0.424. The largest absolute Gasteiger partial charge is 0.464 e. The van der Waals surface area contributed by atoms with Gasteiger partial charge in [0.1, 0.15) is 11.4 Å². The Bertz CT molecular complexity index is 572. The first-order valence-corrected chi connectivity index (χ1v) is 7.39. The summed E-state index contributed by atoms with van der Waals surface area (Å²) in [5, 5.41) is 0. The van der Waals surface area contributed by atoms with Crippen LogP contribution < -0.4 is 4.90 Å². The zero-order valence-corrected chi connectivity index (χ0v) is 13.5. The lowest BCUT2D eigenvalue weighted by molar-refractivity contribution is 0.00694. The first-order valence-electron chi connectivity index (χ1n) is 7.39. The van der Waals surface area contributed by atoms with Gasteiger partial charge in [-0.15, -0.1) is 0 Å². The Morgan fingerprint density at radius 1 is 1.14 bits per heavy atom. The maximum absolute atomic E-state index is 12.3. The van der Waals surface area contributed by atoms with E-state index in [4.69, 9.17) is 9.47 Å². The molecule has 1 fully saturated rings. The Labute approximate surface area is 130 Å². The number of pyridine rings is 1. The highest BCUT2D eigenvalue weighted by Gasteiger charge is 2.23. The van der Waals surface area contributed by atoms with Crippen molar-refractivity contribution >= 4 is 17.8 Å². The minimum atomic E-state index is -0.598. The van der Waals surface area contributed by atoms with Crippen molar-refractivity contribution in [2.45, 2.75) is 39.2 Å². The van der Waals surface area contributed by atoms with Crippen LogP contribution in [0.1, 0.15) is 54.5 Å². The number of rotatable bonds is 3. The monoisotopic (exact) mass is 306 g/mol. The second-order valence-corrected chi connectivity index (χ2v) is 6.29. The van der Waals surface area contributed by atoms with Gasteiger partial charge in [0.2, 0.25) is 0 Å². The van der Waals surface area contributed by atoms with E-state index in [1.54, 1.807) is 26.8 Å². The molecule has 120 valence electrons. The first-order chi connectivity index (χ1) is 10.3. The molecule has 0 N–H and O–H groups in total. The van der Waals surface area contributed by atoms with E-state index in [1.165, 1.54) is 13.2 Å². The molecule has 1 aliphatic heterocycles. The average molecular weight is 306 g/mol. The zero-order valence-electron chi connectivity index (χ0n) is 13.5. The van der Waals surface area contributed by atoms with Crippen LogP contribution in [-0.2, 0) is 9.47 Å². The third kappa shape index (κ3) is 3.96. The van der Waals surface area contributed by atoms with Crippen molar-refractivity contribution in [3.05, 3.63) is 23.4 Å². The van der Waals surface area contributed by atoms with Crippen LogP contribution in [-0.4, -0.2) is 42.7 Å². The van der Waals surface area contributed by atoms with Gasteiger partial charge in [-0.1, -0.05) is 0 Å². The van der Waals surface area contributed by atoms with E-state index < -0.39 is 17.5 Å². The Kier molecular flexibility index (Phi) is 4.68. The summed E-state index contributed by atoms with van der Waals surface area (Å²) in [5.41, 5.74) is -0.167. The van der Waals surface area contributed by atoms with Crippen LogP contribution in [0.25, 0.3) is 0 Å². The van der Waals surface area contributed by atoms with Gasteiger partial charge in [0.05, 0.1) is 12.7 Å². The van der Waals surface area contributed by atoms with Crippen molar-refractivity contribution in [1.82, 2.24) is 4.98 Å². The molecule has 0 aliphatic carbocycles. The summed E-state index contributed by atoms with van der Waals surface area (Å²) < 4.78 is 10.1. The zero-order chi connectivity index (χ0) is 16.3. The summed E-state index contributed by atoms with van der Waals surface area (Å²) in [4.78, 5) is 30.4. The number of ether oxygens (including phenoxy) is 2. The second-order valence-electron chi connectivity index (χ2n) is 6.29. The highest BCUT2D eigenvalue weighted by atomic mass is 16.6. The highest BCUT2D eigenvalue weighted by Crippen LogP contribution is 2.22. The lowest BCUT2D eigenvalue weighted by Crippen LogP contribution is -2.25. The average Bonchev–Trinajstić information content (AvgIpc) is 2.98. The van der Waals surface area contributed by atoms with Crippen molar-refractivity contribution in [2.24, 2.45) is 0 Å². The molecule has 0 amide bonds. The first kappa shape index (κ1) is 16.3. The Morgan fingerprint density at radius 2 is 1.77 bits per heavy atom. The second kappa shape index (κ2) is 6.34. The van der Waals surface area contributed by atoms with Crippen LogP contribution in [0, 0.1) is 0 Å². The highest BCUT2D eigenvalue weighted by molar-refractivity contribution is 5.95. The maximum atomic E-state index is 12.3. The minimum Gasteiger partial charge on any atom is -0.464 e. The molecule has 2 heterocycles. The molecule has 2 rings (SSSR count). The number of hydrogen-bond donors (Lipinski definition) is 0. The number of aromatic nitrogens is 1. The van der Waals surface area contributed by atoms with Crippen molar-refractivity contribution in [2.75, 3.05) is 25.1 Å². The molecule has 0 bridgehead atoms. The molecule has 6 heteroatoms. The van der Waals surface area contributed by atoms with Crippen molar-refractivity contribution in [1.29, 1.82) is 0 Å². The lowest BCUT2D eigenvalue weighted by atomic mass is 10.1. The van der Waals surface area contributed by atoms with Crippen LogP contribution in [0.2, 0.25) is 0 Å². The van der Waals surface area contributed by atoms with E-state index in [1.807, 2.05) is 0 Å². The van der Waals surface area contributed by atoms with Crippen LogP contribution in [0.3, 0.4) is 0 Å². The number of anilines is 1. The molecule has 1 aromatic rings. The number of methoxy groups -OCH3 is 1. The Hall–Kier alpha value is -2.11. The predicted octanol–water partition coefficient (Wildman–Crippen LogP) is 2.42. The number of esters is 2. The van der Waals surface area contributed by atoms with Gasteiger partial charge in [-0.3, -0.25) is 0 Å². The lowest BCUT2D eigenvalue weighted by Gasteiger charge is -2.21. The van der Waals surface area contributed by atoms with Gasteiger partial charge in [0.15, 0.2) is 5.69 Å². The molecule has 0 radical (unpaired) electrons. The normalized spacial score (nSPS) is 14.8. The van der Waals surface area contributed by atoms with Gasteiger partial charge in [-0.2, -0.15) is 0 Å². The van der Waals surface area contributed by atoms with E-state index >= 15 is 0 Å². The Balaban J connectivity index is 2.37. The molecule has 22 heavy (non-hydrogen) atoms. The van der Waals surface area contributed by atoms with Crippen molar-refractivity contribution in [3.63, 3.8) is 0 Å². The van der Waals surface area contributed by atoms with E-state index in [0.717, 1.165) is 25.9 Å². The molecule has 6 nitrogen and oxygen atoms in total. The fourth-order valence-electron chi connectivity index (χ4n) is 2.29. The fourth-order valence-corrected chi connectivity index (χ4v) is 2.29. The smallest absolute Gasteiger partial charge is 0.356 e. The molecule has 1 aromatic heterocycles. The summed E-state index contributed by atoms with van der Waals surface area (Å²) in [7, 11) is 1.29. The molecular formula is C16H22N2O4. The minimum absolute atomic E-state index is 0.118. The third-order valence-corrected chi connectivity index (χ3v) is 3.27.